The van der Waals surface area contributed by atoms with E-state index >= 15 is 0 Å². The van der Waals surface area contributed by atoms with E-state index in [-0.39, 0.29) is 5.91 Å². The predicted molar refractivity (Wildman–Crippen MR) is 98.0 cm³/mol. The van der Waals surface area contributed by atoms with E-state index in [4.69, 9.17) is 16.3 Å². The zero-order chi connectivity index (χ0) is 17.3. The van der Waals surface area contributed by atoms with Crippen LogP contribution in [0.2, 0.25) is 5.02 Å². The number of anilines is 1. The molecule has 0 unspecified atom stereocenters. The van der Waals surface area contributed by atoms with Gasteiger partial charge in [0.15, 0.2) is 5.60 Å². The van der Waals surface area contributed by atoms with Crippen LogP contribution in [-0.4, -0.2) is 18.1 Å². The molecule has 1 aliphatic rings. The molecule has 2 aromatic rings. The van der Waals surface area contributed by atoms with Crippen LogP contribution in [0, 0.1) is 6.92 Å². The second-order valence-electron chi connectivity index (χ2n) is 6.74. The van der Waals surface area contributed by atoms with Crippen molar-refractivity contribution in [1.29, 1.82) is 0 Å². The molecule has 0 aromatic heterocycles. The van der Waals surface area contributed by atoms with Crippen LogP contribution in [0.5, 0.6) is 5.75 Å². The predicted octanol–water partition coefficient (Wildman–Crippen LogP) is 4.79. The molecule has 0 N–H and O–H groups in total. The molecule has 0 spiro atoms. The first-order valence-electron chi connectivity index (χ1n) is 8.23. The maximum atomic E-state index is 13.1. The number of para-hydroxylation sites is 1. The Morgan fingerprint density at radius 3 is 2.75 bits per heavy atom. The van der Waals surface area contributed by atoms with Crippen LogP contribution >= 0.6 is 11.6 Å². The van der Waals surface area contributed by atoms with Crippen molar-refractivity contribution in [2.75, 3.05) is 11.4 Å². The summed E-state index contributed by atoms with van der Waals surface area (Å²) in [6.07, 6.45) is 1.97. The Labute approximate surface area is 148 Å². The van der Waals surface area contributed by atoms with Gasteiger partial charge in [0.05, 0.1) is 5.02 Å². The van der Waals surface area contributed by atoms with Gasteiger partial charge >= 0.3 is 0 Å². The van der Waals surface area contributed by atoms with Crippen LogP contribution in [0.3, 0.4) is 0 Å². The highest BCUT2D eigenvalue weighted by molar-refractivity contribution is 6.32. The van der Waals surface area contributed by atoms with Gasteiger partial charge in [-0.15, -0.1) is 0 Å². The van der Waals surface area contributed by atoms with E-state index in [9.17, 15) is 4.79 Å². The van der Waals surface area contributed by atoms with Crippen LogP contribution in [0.4, 0.5) is 5.69 Å². The minimum absolute atomic E-state index is 0.0489. The third-order valence-electron chi connectivity index (χ3n) is 4.32. The van der Waals surface area contributed by atoms with Gasteiger partial charge in [-0.3, -0.25) is 4.79 Å². The van der Waals surface area contributed by atoms with Crippen molar-refractivity contribution in [2.45, 2.75) is 39.2 Å². The zero-order valence-corrected chi connectivity index (χ0v) is 15.1. The molecule has 2 aromatic carbocycles. The molecule has 0 fully saturated rings. The molecule has 0 saturated heterocycles. The van der Waals surface area contributed by atoms with Gasteiger partial charge < -0.3 is 9.64 Å². The van der Waals surface area contributed by atoms with Crippen LogP contribution in [-0.2, 0) is 11.2 Å². The van der Waals surface area contributed by atoms with Crippen LogP contribution in [0.1, 0.15) is 31.4 Å². The van der Waals surface area contributed by atoms with Crippen LogP contribution < -0.4 is 9.64 Å². The molecule has 1 amide bonds. The van der Waals surface area contributed by atoms with E-state index in [0.717, 1.165) is 24.1 Å². The summed E-state index contributed by atoms with van der Waals surface area (Å²) in [4.78, 5) is 15.0. The Morgan fingerprint density at radius 2 is 1.96 bits per heavy atom. The summed E-state index contributed by atoms with van der Waals surface area (Å²) in [7, 11) is 0. The lowest BCUT2D eigenvalue weighted by atomic mass is 9.99. The monoisotopic (exact) mass is 343 g/mol. The van der Waals surface area contributed by atoms with Gasteiger partial charge in [-0.1, -0.05) is 35.9 Å². The van der Waals surface area contributed by atoms with E-state index in [1.807, 2.05) is 42.2 Å². The highest BCUT2D eigenvalue weighted by Gasteiger charge is 2.37. The number of nitrogens with zero attached hydrogens (tertiary/aromatic N) is 1. The highest BCUT2D eigenvalue weighted by atomic mass is 35.5. The first kappa shape index (κ1) is 16.8. The number of amides is 1. The molecule has 0 aliphatic carbocycles. The standard InChI is InChI=1S/C20H22ClNO2/c1-14-10-11-16(21)18(13-14)24-20(2,3)19(23)22-12-6-8-15-7-4-5-9-17(15)22/h4-5,7,9-11,13H,6,8,12H2,1-3H3. The summed E-state index contributed by atoms with van der Waals surface area (Å²) in [5.41, 5.74) is 2.24. The van der Waals surface area contributed by atoms with E-state index in [0.29, 0.717) is 17.3 Å². The topological polar surface area (TPSA) is 29.5 Å². The number of halogens is 1. The van der Waals surface area contributed by atoms with Gasteiger partial charge in [0, 0.05) is 12.2 Å². The number of carbonyl (C=O) groups is 1. The molecule has 1 aliphatic heterocycles. The SMILES string of the molecule is Cc1ccc(Cl)c(OC(C)(C)C(=O)N2CCCc3ccccc32)c1. The quantitative estimate of drug-likeness (QED) is 0.802. The minimum atomic E-state index is -0.998. The lowest BCUT2D eigenvalue weighted by Crippen LogP contribution is -2.50. The summed E-state index contributed by atoms with van der Waals surface area (Å²) in [6, 6.07) is 13.6. The smallest absolute Gasteiger partial charge is 0.270 e. The van der Waals surface area contributed by atoms with Crippen molar-refractivity contribution in [3.05, 3.63) is 58.6 Å². The molecule has 4 heteroatoms. The van der Waals surface area contributed by atoms with Crippen LogP contribution in [0.15, 0.2) is 42.5 Å². The largest absolute Gasteiger partial charge is 0.476 e. The van der Waals surface area contributed by atoms with E-state index in [1.165, 1.54) is 5.56 Å². The maximum absolute atomic E-state index is 13.1. The maximum Gasteiger partial charge on any atom is 0.270 e. The van der Waals surface area contributed by atoms with Gasteiger partial charge in [0.1, 0.15) is 5.75 Å². The van der Waals surface area contributed by atoms with Crippen molar-refractivity contribution in [1.82, 2.24) is 0 Å². The fourth-order valence-electron chi connectivity index (χ4n) is 3.08. The number of hydrogen-bond donors (Lipinski definition) is 0. The van der Waals surface area contributed by atoms with E-state index < -0.39 is 5.60 Å². The Balaban J connectivity index is 1.87. The summed E-state index contributed by atoms with van der Waals surface area (Å²) >= 11 is 6.22. The Bertz CT molecular complexity index is 770. The number of hydrogen-bond acceptors (Lipinski definition) is 2. The summed E-state index contributed by atoms with van der Waals surface area (Å²) in [6.45, 7) is 6.28. The number of carbonyl (C=O) groups excluding carboxylic acids is 1. The van der Waals surface area contributed by atoms with Gasteiger partial charge in [-0.25, -0.2) is 0 Å². The molecule has 3 rings (SSSR count). The first-order valence-corrected chi connectivity index (χ1v) is 8.61. The Morgan fingerprint density at radius 1 is 1.21 bits per heavy atom. The molecular weight excluding hydrogens is 322 g/mol. The van der Waals surface area contributed by atoms with Crippen molar-refractivity contribution in [3.63, 3.8) is 0 Å². The summed E-state index contributed by atoms with van der Waals surface area (Å²) in [5, 5.41) is 0.514. The number of benzene rings is 2. The van der Waals surface area contributed by atoms with Crippen molar-refractivity contribution >= 4 is 23.2 Å². The van der Waals surface area contributed by atoms with Gasteiger partial charge in [-0.05, 0) is 62.9 Å². The third-order valence-corrected chi connectivity index (χ3v) is 4.63. The fourth-order valence-corrected chi connectivity index (χ4v) is 3.23. The van der Waals surface area contributed by atoms with Gasteiger partial charge in [-0.2, -0.15) is 0 Å². The van der Waals surface area contributed by atoms with Crippen molar-refractivity contribution in [3.8, 4) is 5.75 Å². The fraction of sp³-hybridized carbons (Fsp3) is 0.350. The average molecular weight is 344 g/mol. The Kier molecular flexibility index (Phi) is 4.55. The number of rotatable bonds is 3. The van der Waals surface area contributed by atoms with Gasteiger partial charge in [0.25, 0.3) is 5.91 Å². The number of ether oxygens (including phenoxy) is 1. The molecule has 0 saturated carbocycles. The molecular formula is C20H22ClNO2. The number of aryl methyl sites for hydroxylation is 2. The lowest BCUT2D eigenvalue weighted by molar-refractivity contribution is -0.131. The van der Waals surface area contributed by atoms with Crippen molar-refractivity contribution in [2.24, 2.45) is 0 Å². The van der Waals surface area contributed by atoms with E-state index in [1.54, 1.807) is 19.9 Å². The first-order chi connectivity index (χ1) is 11.4. The Hall–Kier alpha value is -2.00. The second-order valence-corrected chi connectivity index (χ2v) is 7.14. The molecule has 1 heterocycles. The van der Waals surface area contributed by atoms with Gasteiger partial charge in [0.2, 0.25) is 0 Å². The summed E-state index contributed by atoms with van der Waals surface area (Å²) < 4.78 is 6.02. The molecule has 0 atom stereocenters. The molecule has 0 bridgehead atoms. The lowest BCUT2D eigenvalue weighted by Gasteiger charge is -2.36. The third kappa shape index (κ3) is 3.27. The summed E-state index contributed by atoms with van der Waals surface area (Å²) in [5.74, 6) is 0.493. The number of fused-ring (bicyclic) bond motifs is 1. The molecule has 3 nitrogen and oxygen atoms in total. The molecule has 126 valence electrons. The van der Waals surface area contributed by atoms with Crippen LogP contribution in [0.25, 0.3) is 0 Å². The highest BCUT2D eigenvalue weighted by Crippen LogP contribution is 2.32. The zero-order valence-electron chi connectivity index (χ0n) is 14.3. The molecule has 0 radical (unpaired) electrons. The normalized spacial score (nSPS) is 14.2. The van der Waals surface area contributed by atoms with Crippen molar-refractivity contribution < 1.29 is 9.53 Å². The average Bonchev–Trinajstić information content (AvgIpc) is 2.57. The molecule has 24 heavy (non-hydrogen) atoms. The second kappa shape index (κ2) is 6.48. The van der Waals surface area contributed by atoms with E-state index in [2.05, 4.69) is 6.07 Å². The minimum Gasteiger partial charge on any atom is -0.476 e.